The summed E-state index contributed by atoms with van der Waals surface area (Å²) in [6.45, 7) is 5.54. The van der Waals surface area contributed by atoms with Crippen LogP contribution < -0.4 is 5.32 Å². The quantitative estimate of drug-likeness (QED) is 0.919. The fraction of sp³-hybridized carbons (Fsp3) is 0.400. The molecule has 1 aromatic heterocycles. The van der Waals surface area contributed by atoms with Gasteiger partial charge in [-0.1, -0.05) is 31.5 Å². The van der Waals surface area contributed by atoms with Crippen molar-refractivity contribution < 1.29 is 9.18 Å². The normalized spacial score (nSPS) is 13.9. The average Bonchev–Trinajstić information content (AvgIpc) is 2.98. The molecule has 2 rings (SSSR count). The van der Waals surface area contributed by atoms with Gasteiger partial charge in [-0.3, -0.25) is 4.79 Å². The molecule has 0 saturated carbocycles. The van der Waals surface area contributed by atoms with Gasteiger partial charge in [-0.25, -0.2) is 14.1 Å². The van der Waals surface area contributed by atoms with Crippen molar-refractivity contribution in [1.82, 2.24) is 20.1 Å². The van der Waals surface area contributed by atoms with E-state index in [1.165, 1.54) is 23.4 Å². The average molecular weight is 325 g/mol. The second-order valence-electron chi connectivity index (χ2n) is 5.45. The summed E-state index contributed by atoms with van der Waals surface area (Å²) >= 11 is 5.78. The van der Waals surface area contributed by atoms with Crippen molar-refractivity contribution in [3.8, 4) is 0 Å². The Morgan fingerprint density at radius 1 is 1.36 bits per heavy atom. The van der Waals surface area contributed by atoms with E-state index in [0.717, 1.165) is 0 Å². The van der Waals surface area contributed by atoms with E-state index in [4.69, 9.17) is 11.6 Å². The van der Waals surface area contributed by atoms with Crippen LogP contribution in [0.2, 0.25) is 5.02 Å². The van der Waals surface area contributed by atoms with Gasteiger partial charge in [0.1, 0.15) is 24.5 Å². The van der Waals surface area contributed by atoms with E-state index in [2.05, 4.69) is 15.4 Å². The van der Waals surface area contributed by atoms with Crippen molar-refractivity contribution in [2.45, 2.75) is 32.9 Å². The molecule has 7 heteroatoms. The maximum absolute atomic E-state index is 14.1. The van der Waals surface area contributed by atoms with Crippen LogP contribution in [0.5, 0.6) is 0 Å². The van der Waals surface area contributed by atoms with Gasteiger partial charge in [0.05, 0.1) is 6.04 Å². The molecule has 118 valence electrons. The SMILES string of the molecule is CC(C)[C@@H](NC(=O)[C@H](C)n1cncn1)c1ccc(Cl)cc1F. The second-order valence-corrected chi connectivity index (χ2v) is 5.88. The summed E-state index contributed by atoms with van der Waals surface area (Å²) < 4.78 is 15.6. The van der Waals surface area contributed by atoms with Crippen LogP contribution in [0, 0.1) is 11.7 Å². The molecule has 1 heterocycles. The zero-order chi connectivity index (χ0) is 16.3. The third-order valence-electron chi connectivity index (χ3n) is 3.47. The number of nitrogens with one attached hydrogen (secondary N) is 1. The summed E-state index contributed by atoms with van der Waals surface area (Å²) in [7, 11) is 0. The predicted molar refractivity (Wildman–Crippen MR) is 81.9 cm³/mol. The molecule has 0 unspecified atom stereocenters. The van der Waals surface area contributed by atoms with Gasteiger partial charge in [-0.2, -0.15) is 5.10 Å². The summed E-state index contributed by atoms with van der Waals surface area (Å²) in [4.78, 5) is 16.2. The minimum absolute atomic E-state index is 0.0163. The molecular weight excluding hydrogens is 307 g/mol. The van der Waals surface area contributed by atoms with E-state index in [9.17, 15) is 9.18 Å². The van der Waals surface area contributed by atoms with Crippen molar-refractivity contribution in [3.05, 3.63) is 47.3 Å². The molecule has 0 aliphatic heterocycles. The summed E-state index contributed by atoms with van der Waals surface area (Å²) in [6, 6.07) is 3.49. The number of carbonyl (C=O) groups excluding carboxylic acids is 1. The molecule has 5 nitrogen and oxygen atoms in total. The molecule has 0 spiro atoms. The highest BCUT2D eigenvalue weighted by atomic mass is 35.5. The van der Waals surface area contributed by atoms with Gasteiger partial charge >= 0.3 is 0 Å². The van der Waals surface area contributed by atoms with Gasteiger partial charge < -0.3 is 5.32 Å². The van der Waals surface area contributed by atoms with E-state index in [1.807, 2.05) is 13.8 Å². The van der Waals surface area contributed by atoms with Crippen molar-refractivity contribution in [2.24, 2.45) is 5.92 Å². The summed E-state index contributed by atoms with van der Waals surface area (Å²) in [5.41, 5.74) is 0.415. The molecule has 0 aliphatic carbocycles. The van der Waals surface area contributed by atoms with Crippen LogP contribution in [-0.4, -0.2) is 20.7 Å². The highest BCUT2D eigenvalue weighted by molar-refractivity contribution is 6.30. The Bertz CT molecular complexity index is 645. The van der Waals surface area contributed by atoms with Crippen LogP contribution in [0.4, 0.5) is 4.39 Å². The fourth-order valence-corrected chi connectivity index (χ4v) is 2.33. The number of halogens is 2. The number of amides is 1. The molecule has 0 aliphatic rings. The largest absolute Gasteiger partial charge is 0.347 e. The molecule has 0 bridgehead atoms. The molecular formula is C15H18ClFN4O. The topological polar surface area (TPSA) is 59.8 Å². The number of hydrogen-bond donors (Lipinski definition) is 1. The zero-order valence-corrected chi connectivity index (χ0v) is 13.4. The van der Waals surface area contributed by atoms with Gasteiger partial charge in [0.2, 0.25) is 5.91 Å². The minimum Gasteiger partial charge on any atom is -0.347 e. The predicted octanol–water partition coefficient (Wildman–Crippen LogP) is 3.15. The molecule has 1 amide bonds. The zero-order valence-electron chi connectivity index (χ0n) is 12.6. The Balaban J connectivity index is 2.20. The van der Waals surface area contributed by atoms with Gasteiger partial charge in [0.25, 0.3) is 0 Å². The van der Waals surface area contributed by atoms with Crippen molar-refractivity contribution in [1.29, 1.82) is 0 Å². The molecule has 1 aromatic carbocycles. The first-order chi connectivity index (χ1) is 10.4. The van der Waals surface area contributed by atoms with E-state index >= 15 is 0 Å². The van der Waals surface area contributed by atoms with Crippen molar-refractivity contribution >= 4 is 17.5 Å². The fourth-order valence-electron chi connectivity index (χ4n) is 2.17. The van der Waals surface area contributed by atoms with Crippen molar-refractivity contribution in [3.63, 3.8) is 0 Å². The number of rotatable bonds is 5. The third kappa shape index (κ3) is 3.62. The monoisotopic (exact) mass is 324 g/mol. The van der Waals surface area contributed by atoms with Gasteiger partial charge in [-0.15, -0.1) is 0 Å². The molecule has 2 aromatic rings. The van der Waals surface area contributed by atoms with E-state index < -0.39 is 17.9 Å². The standard InChI is InChI=1S/C15H18ClFN4O/c1-9(2)14(12-5-4-11(16)6-13(12)17)20-15(22)10(3)21-8-18-7-19-21/h4-10,14H,1-3H3,(H,20,22)/t10-,14+/m0/s1. The summed E-state index contributed by atoms with van der Waals surface area (Å²) in [5, 5.41) is 7.14. The lowest BCUT2D eigenvalue weighted by atomic mass is 9.95. The molecule has 0 saturated heterocycles. The number of aromatic nitrogens is 3. The van der Waals surface area contributed by atoms with Gasteiger partial charge in [0, 0.05) is 10.6 Å². The molecule has 1 N–H and O–H groups in total. The Morgan fingerprint density at radius 2 is 2.09 bits per heavy atom. The van der Waals surface area contributed by atoms with E-state index in [1.54, 1.807) is 19.1 Å². The molecule has 22 heavy (non-hydrogen) atoms. The molecule has 0 radical (unpaired) electrons. The number of carbonyl (C=O) groups is 1. The Hall–Kier alpha value is -1.95. The third-order valence-corrected chi connectivity index (χ3v) is 3.71. The highest BCUT2D eigenvalue weighted by Crippen LogP contribution is 2.26. The van der Waals surface area contributed by atoms with E-state index in [0.29, 0.717) is 10.6 Å². The van der Waals surface area contributed by atoms with Crippen molar-refractivity contribution in [2.75, 3.05) is 0 Å². The molecule has 0 fully saturated rings. The summed E-state index contributed by atoms with van der Waals surface area (Å²) in [6.07, 6.45) is 2.83. The maximum Gasteiger partial charge on any atom is 0.245 e. The Kier molecular flexibility index (Phi) is 5.13. The van der Waals surface area contributed by atoms with Gasteiger partial charge in [-0.05, 0) is 25.0 Å². The smallest absolute Gasteiger partial charge is 0.245 e. The Labute approximate surface area is 133 Å². The number of nitrogens with zero attached hydrogens (tertiary/aromatic N) is 3. The first-order valence-electron chi connectivity index (χ1n) is 6.99. The molecule has 2 atom stereocenters. The maximum atomic E-state index is 14.1. The lowest BCUT2D eigenvalue weighted by Gasteiger charge is -2.25. The Morgan fingerprint density at radius 3 is 2.64 bits per heavy atom. The van der Waals surface area contributed by atoms with Crippen LogP contribution in [0.25, 0.3) is 0 Å². The number of hydrogen-bond acceptors (Lipinski definition) is 3. The van der Waals surface area contributed by atoms with Crippen LogP contribution in [0.3, 0.4) is 0 Å². The highest BCUT2D eigenvalue weighted by Gasteiger charge is 2.25. The van der Waals surface area contributed by atoms with Crippen LogP contribution in [0.1, 0.15) is 38.4 Å². The lowest BCUT2D eigenvalue weighted by molar-refractivity contribution is -0.125. The first kappa shape index (κ1) is 16.4. The van der Waals surface area contributed by atoms with E-state index in [-0.39, 0.29) is 11.8 Å². The second kappa shape index (κ2) is 6.87. The van der Waals surface area contributed by atoms with Crippen LogP contribution in [0.15, 0.2) is 30.9 Å². The van der Waals surface area contributed by atoms with Crippen LogP contribution >= 0.6 is 11.6 Å². The lowest BCUT2D eigenvalue weighted by Crippen LogP contribution is -2.37. The minimum atomic E-state index is -0.529. The number of benzene rings is 1. The summed E-state index contributed by atoms with van der Waals surface area (Å²) in [5.74, 6) is -0.666. The first-order valence-corrected chi connectivity index (χ1v) is 7.37. The van der Waals surface area contributed by atoms with Gasteiger partial charge in [0.15, 0.2) is 0 Å². The van der Waals surface area contributed by atoms with Crippen LogP contribution in [-0.2, 0) is 4.79 Å².